The molecular formula is C17H20N4O4S. The molecule has 1 aliphatic carbocycles. The molecule has 0 bridgehead atoms. The van der Waals surface area contributed by atoms with Gasteiger partial charge >= 0.3 is 0 Å². The zero-order valence-corrected chi connectivity index (χ0v) is 15.0. The van der Waals surface area contributed by atoms with Gasteiger partial charge in [0.25, 0.3) is 5.91 Å². The Hall–Kier alpha value is -2.26. The Balaban J connectivity index is 1.42. The van der Waals surface area contributed by atoms with Gasteiger partial charge in [0, 0.05) is 30.1 Å². The standard InChI is InChI=1S/C17H20N4O4S/c18-26(23,24)10-11-7-8-21(9-11)17(22)14-5-1-12(2-6-14)15-19-16(25-20-15)13-3-4-13/h1-2,5-6,11,13H,3-4,7-10H2,(H2,18,23,24). The third-order valence-electron chi connectivity index (χ3n) is 4.80. The van der Waals surface area contributed by atoms with Gasteiger partial charge in [-0.3, -0.25) is 4.79 Å². The van der Waals surface area contributed by atoms with Crippen LogP contribution in [0, 0.1) is 5.92 Å². The van der Waals surface area contributed by atoms with Crippen LogP contribution in [0.2, 0.25) is 0 Å². The summed E-state index contributed by atoms with van der Waals surface area (Å²) >= 11 is 0. The van der Waals surface area contributed by atoms with Crippen LogP contribution in [0.3, 0.4) is 0 Å². The van der Waals surface area contributed by atoms with Crippen LogP contribution < -0.4 is 5.14 Å². The van der Waals surface area contributed by atoms with E-state index in [0.717, 1.165) is 18.4 Å². The van der Waals surface area contributed by atoms with Crippen molar-refractivity contribution in [3.8, 4) is 11.4 Å². The Morgan fingerprint density at radius 1 is 1.23 bits per heavy atom. The highest BCUT2D eigenvalue weighted by Gasteiger charge is 2.30. The van der Waals surface area contributed by atoms with E-state index in [9.17, 15) is 13.2 Å². The number of rotatable bonds is 5. The van der Waals surface area contributed by atoms with Gasteiger partial charge in [-0.25, -0.2) is 13.6 Å². The molecule has 1 atom stereocenters. The highest BCUT2D eigenvalue weighted by molar-refractivity contribution is 7.89. The number of primary sulfonamides is 1. The fourth-order valence-corrected chi connectivity index (χ4v) is 4.20. The molecule has 9 heteroatoms. The molecule has 1 saturated carbocycles. The van der Waals surface area contributed by atoms with E-state index in [-0.39, 0.29) is 17.6 Å². The molecule has 26 heavy (non-hydrogen) atoms. The third kappa shape index (κ3) is 3.78. The highest BCUT2D eigenvalue weighted by Crippen LogP contribution is 2.39. The number of benzene rings is 1. The lowest BCUT2D eigenvalue weighted by atomic mass is 10.1. The van der Waals surface area contributed by atoms with E-state index in [1.54, 1.807) is 29.2 Å². The summed E-state index contributed by atoms with van der Waals surface area (Å²) in [6.07, 6.45) is 2.84. The van der Waals surface area contributed by atoms with Crippen molar-refractivity contribution >= 4 is 15.9 Å². The third-order valence-corrected chi connectivity index (χ3v) is 5.74. The summed E-state index contributed by atoms with van der Waals surface area (Å²) < 4.78 is 27.7. The molecule has 1 amide bonds. The second kappa shape index (κ2) is 6.48. The number of nitrogens with zero attached hydrogens (tertiary/aromatic N) is 3. The molecule has 2 N–H and O–H groups in total. The first-order chi connectivity index (χ1) is 12.4. The number of carbonyl (C=O) groups excluding carboxylic acids is 1. The van der Waals surface area contributed by atoms with Crippen molar-refractivity contribution in [2.75, 3.05) is 18.8 Å². The summed E-state index contributed by atoms with van der Waals surface area (Å²) in [5.74, 6) is 1.31. The maximum atomic E-state index is 12.6. The van der Waals surface area contributed by atoms with Crippen LogP contribution in [0.25, 0.3) is 11.4 Å². The Labute approximate surface area is 151 Å². The second-order valence-corrected chi connectivity index (χ2v) is 8.70. The number of hydrogen-bond acceptors (Lipinski definition) is 6. The van der Waals surface area contributed by atoms with E-state index in [4.69, 9.17) is 9.66 Å². The van der Waals surface area contributed by atoms with Gasteiger partial charge in [-0.15, -0.1) is 0 Å². The summed E-state index contributed by atoms with van der Waals surface area (Å²) in [6, 6.07) is 7.06. The predicted molar refractivity (Wildman–Crippen MR) is 93.7 cm³/mol. The lowest BCUT2D eigenvalue weighted by Gasteiger charge is -2.16. The molecule has 2 aliphatic rings. The number of likely N-dealkylation sites (tertiary alicyclic amines) is 1. The lowest BCUT2D eigenvalue weighted by molar-refractivity contribution is 0.0788. The van der Waals surface area contributed by atoms with Crippen LogP contribution in [-0.4, -0.2) is 48.2 Å². The van der Waals surface area contributed by atoms with Crippen LogP contribution in [0.1, 0.15) is 41.4 Å². The minimum atomic E-state index is -3.52. The maximum Gasteiger partial charge on any atom is 0.253 e. The topological polar surface area (TPSA) is 119 Å². The Kier molecular flexibility index (Phi) is 4.28. The number of amides is 1. The lowest BCUT2D eigenvalue weighted by Crippen LogP contribution is -2.30. The summed E-state index contributed by atoms with van der Waals surface area (Å²) in [7, 11) is -3.52. The fraction of sp³-hybridized carbons (Fsp3) is 0.471. The van der Waals surface area contributed by atoms with Gasteiger partial charge in [0.05, 0.1) is 5.75 Å². The van der Waals surface area contributed by atoms with E-state index >= 15 is 0 Å². The monoisotopic (exact) mass is 376 g/mol. The van der Waals surface area contributed by atoms with E-state index in [1.165, 1.54) is 0 Å². The molecule has 1 saturated heterocycles. The summed E-state index contributed by atoms with van der Waals surface area (Å²) in [5, 5.41) is 9.09. The van der Waals surface area contributed by atoms with Gasteiger partial charge < -0.3 is 9.42 Å². The molecule has 8 nitrogen and oxygen atoms in total. The van der Waals surface area contributed by atoms with Gasteiger partial charge in [-0.2, -0.15) is 4.98 Å². The molecule has 2 fully saturated rings. The van der Waals surface area contributed by atoms with E-state index in [0.29, 0.717) is 42.7 Å². The number of nitrogens with two attached hydrogens (primary N) is 1. The number of sulfonamides is 1. The minimum absolute atomic E-state index is 0.0864. The van der Waals surface area contributed by atoms with Crippen molar-refractivity contribution in [1.82, 2.24) is 15.0 Å². The van der Waals surface area contributed by atoms with Crippen molar-refractivity contribution in [3.63, 3.8) is 0 Å². The fourth-order valence-electron chi connectivity index (χ4n) is 3.27. The molecule has 1 aromatic carbocycles. The van der Waals surface area contributed by atoms with Crippen LogP contribution in [-0.2, 0) is 10.0 Å². The smallest absolute Gasteiger partial charge is 0.253 e. The Morgan fingerprint density at radius 3 is 2.62 bits per heavy atom. The van der Waals surface area contributed by atoms with Crippen molar-refractivity contribution < 1.29 is 17.7 Å². The van der Waals surface area contributed by atoms with Crippen molar-refractivity contribution in [2.24, 2.45) is 11.1 Å². The molecule has 0 radical (unpaired) electrons. The van der Waals surface area contributed by atoms with Gasteiger partial charge in [-0.1, -0.05) is 17.3 Å². The summed E-state index contributed by atoms with van der Waals surface area (Å²) in [4.78, 5) is 18.7. The van der Waals surface area contributed by atoms with Crippen molar-refractivity contribution in [2.45, 2.75) is 25.2 Å². The molecule has 2 heterocycles. The number of carbonyl (C=O) groups is 1. The Morgan fingerprint density at radius 2 is 1.96 bits per heavy atom. The first kappa shape index (κ1) is 17.2. The van der Waals surface area contributed by atoms with E-state index in [2.05, 4.69) is 10.1 Å². The van der Waals surface area contributed by atoms with Crippen LogP contribution >= 0.6 is 0 Å². The summed E-state index contributed by atoms with van der Waals surface area (Å²) in [6.45, 7) is 0.947. The molecule has 1 aromatic heterocycles. The normalized spacial score (nSPS) is 20.5. The summed E-state index contributed by atoms with van der Waals surface area (Å²) in [5.41, 5.74) is 1.35. The predicted octanol–water partition coefficient (Wildman–Crippen LogP) is 1.36. The van der Waals surface area contributed by atoms with E-state index in [1.807, 2.05) is 0 Å². The van der Waals surface area contributed by atoms with Crippen LogP contribution in [0.4, 0.5) is 0 Å². The zero-order chi connectivity index (χ0) is 18.3. The van der Waals surface area contributed by atoms with Gasteiger partial charge in [0.15, 0.2) is 0 Å². The first-order valence-electron chi connectivity index (χ1n) is 8.63. The quantitative estimate of drug-likeness (QED) is 0.841. The number of hydrogen-bond donors (Lipinski definition) is 1. The average Bonchev–Trinajstić information content (AvgIpc) is 3.15. The largest absolute Gasteiger partial charge is 0.339 e. The van der Waals surface area contributed by atoms with Gasteiger partial charge in [0.2, 0.25) is 21.7 Å². The Bertz CT molecular complexity index is 918. The SMILES string of the molecule is NS(=O)(=O)CC1CCN(C(=O)c2ccc(-c3noc(C4CC4)n3)cc2)C1. The first-order valence-corrected chi connectivity index (χ1v) is 10.3. The van der Waals surface area contributed by atoms with Crippen molar-refractivity contribution in [1.29, 1.82) is 0 Å². The molecule has 138 valence electrons. The molecule has 4 rings (SSSR count). The van der Waals surface area contributed by atoms with Gasteiger partial charge in [0.1, 0.15) is 0 Å². The van der Waals surface area contributed by atoms with Crippen LogP contribution in [0.15, 0.2) is 28.8 Å². The van der Waals surface area contributed by atoms with Crippen LogP contribution in [0.5, 0.6) is 0 Å². The minimum Gasteiger partial charge on any atom is -0.339 e. The molecule has 0 spiro atoms. The van der Waals surface area contributed by atoms with Gasteiger partial charge in [-0.05, 0) is 37.3 Å². The second-order valence-electron chi connectivity index (χ2n) is 7.04. The highest BCUT2D eigenvalue weighted by atomic mass is 32.2. The zero-order valence-electron chi connectivity index (χ0n) is 14.2. The molecule has 1 aliphatic heterocycles. The van der Waals surface area contributed by atoms with E-state index < -0.39 is 10.0 Å². The molecule has 1 unspecified atom stereocenters. The maximum absolute atomic E-state index is 12.6. The molecule has 2 aromatic rings. The number of aromatic nitrogens is 2. The van der Waals surface area contributed by atoms with Crippen molar-refractivity contribution in [3.05, 3.63) is 35.7 Å². The average molecular weight is 376 g/mol. The molecular weight excluding hydrogens is 356 g/mol.